The summed E-state index contributed by atoms with van der Waals surface area (Å²) in [6, 6.07) is 4.23. The number of alkyl halides is 3. The van der Waals surface area contributed by atoms with E-state index in [9.17, 15) is 18.0 Å². The minimum Gasteiger partial charge on any atom is -0.344 e. The molecule has 2 heterocycles. The van der Waals surface area contributed by atoms with Crippen molar-refractivity contribution in [1.29, 1.82) is 0 Å². The molecule has 8 heteroatoms. The van der Waals surface area contributed by atoms with Gasteiger partial charge in [0, 0.05) is 20.6 Å². The summed E-state index contributed by atoms with van der Waals surface area (Å²) >= 11 is 1.13. The van der Waals surface area contributed by atoms with Gasteiger partial charge in [0.15, 0.2) is 0 Å². The zero-order valence-corrected chi connectivity index (χ0v) is 12.5. The molecule has 0 unspecified atom stereocenters. The second-order valence-electron chi connectivity index (χ2n) is 4.59. The van der Waals surface area contributed by atoms with Crippen LogP contribution in [0.3, 0.4) is 0 Å². The smallest absolute Gasteiger partial charge is 0.344 e. The fourth-order valence-corrected chi connectivity index (χ4v) is 2.80. The van der Waals surface area contributed by atoms with Gasteiger partial charge in [-0.15, -0.1) is 11.3 Å². The average Bonchev–Trinajstić information content (AvgIpc) is 3.03. The molecule has 2 aromatic heterocycles. The number of hydrogen-bond acceptors (Lipinski definition) is 3. The highest BCUT2D eigenvalue weighted by atomic mass is 32.1. The molecule has 0 bridgehead atoms. The summed E-state index contributed by atoms with van der Waals surface area (Å²) in [5.74, 6) is -0.183. The SMILES string of the molecule is CCn1nc(-c2ccc(C(=O)N(C)C)s2)cc1C(F)(F)F. The summed E-state index contributed by atoms with van der Waals surface area (Å²) in [6.45, 7) is 1.73. The molecule has 0 aliphatic rings. The second-order valence-corrected chi connectivity index (χ2v) is 5.68. The minimum absolute atomic E-state index is 0.129. The zero-order valence-electron chi connectivity index (χ0n) is 11.7. The fourth-order valence-electron chi connectivity index (χ4n) is 1.82. The molecular formula is C13H14F3N3OS. The van der Waals surface area contributed by atoms with Crippen LogP contribution in [-0.2, 0) is 12.7 Å². The minimum atomic E-state index is -4.44. The summed E-state index contributed by atoms with van der Waals surface area (Å²) < 4.78 is 39.6. The number of hydrogen-bond donors (Lipinski definition) is 0. The van der Waals surface area contributed by atoms with Gasteiger partial charge >= 0.3 is 6.18 Å². The lowest BCUT2D eigenvalue weighted by Gasteiger charge is -2.07. The summed E-state index contributed by atoms with van der Waals surface area (Å²) in [5, 5.41) is 3.97. The molecule has 0 N–H and O–H groups in total. The van der Waals surface area contributed by atoms with Crippen molar-refractivity contribution >= 4 is 17.2 Å². The van der Waals surface area contributed by atoms with Crippen LogP contribution < -0.4 is 0 Å². The van der Waals surface area contributed by atoms with Crippen LogP contribution in [0.4, 0.5) is 13.2 Å². The number of rotatable bonds is 3. The van der Waals surface area contributed by atoms with Gasteiger partial charge in [-0.3, -0.25) is 9.48 Å². The van der Waals surface area contributed by atoms with Crippen LogP contribution in [-0.4, -0.2) is 34.7 Å². The van der Waals surface area contributed by atoms with Crippen molar-refractivity contribution in [2.45, 2.75) is 19.6 Å². The van der Waals surface area contributed by atoms with E-state index in [-0.39, 0.29) is 18.1 Å². The predicted octanol–water partition coefficient (Wildman–Crippen LogP) is 3.35. The number of carbonyl (C=O) groups is 1. The van der Waals surface area contributed by atoms with Gasteiger partial charge in [-0.1, -0.05) is 0 Å². The normalized spacial score (nSPS) is 11.7. The molecule has 0 aliphatic carbocycles. The Morgan fingerprint density at radius 1 is 1.38 bits per heavy atom. The molecular weight excluding hydrogens is 303 g/mol. The summed E-state index contributed by atoms with van der Waals surface area (Å²) in [4.78, 5) is 14.2. The number of aromatic nitrogens is 2. The van der Waals surface area contributed by atoms with Gasteiger partial charge < -0.3 is 4.90 Å². The molecule has 0 fully saturated rings. The van der Waals surface area contributed by atoms with Crippen molar-refractivity contribution in [3.63, 3.8) is 0 Å². The van der Waals surface area contributed by atoms with Gasteiger partial charge in [-0.2, -0.15) is 18.3 Å². The third-order valence-corrected chi connectivity index (χ3v) is 3.94. The van der Waals surface area contributed by atoms with Gasteiger partial charge in [0.05, 0.1) is 9.75 Å². The molecule has 0 radical (unpaired) electrons. The molecule has 21 heavy (non-hydrogen) atoms. The lowest BCUT2D eigenvalue weighted by Crippen LogP contribution is -2.20. The topological polar surface area (TPSA) is 38.1 Å². The van der Waals surface area contributed by atoms with Crippen molar-refractivity contribution in [2.75, 3.05) is 14.1 Å². The van der Waals surface area contributed by atoms with Crippen LogP contribution in [0.2, 0.25) is 0 Å². The van der Waals surface area contributed by atoms with Gasteiger partial charge in [0.25, 0.3) is 5.91 Å². The maximum atomic E-state index is 12.9. The Hall–Kier alpha value is -1.83. The van der Waals surface area contributed by atoms with E-state index in [1.807, 2.05) is 0 Å². The fraction of sp³-hybridized carbons (Fsp3) is 0.385. The molecule has 0 spiro atoms. The molecule has 0 saturated heterocycles. The van der Waals surface area contributed by atoms with E-state index in [1.165, 1.54) is 4.90 Å². The lowest BCUT2D eigenvalue weighted by atomic mass is 10.3. The van der Waals surface area contributed by atoms with Crippen LogP contribution >= 0.6 is 11.3 Å². The van der Waals surface area contributed by atoms with E-state index >= 15 is 0 Å². The molecule has 0 saturated carbocycles. The van der Waals surface area contributed by atoms with E-state index in [4.69, 9.17) is 0 Å². The number of thiophene rings is 1. The van der Waals surface area contributed by atoms with Crippen molar-refractivity contribution in [3.05, 3.63) is 28.8 Å². The Labute approximate surface area is 123 Å². The Bertz CT molecular complexity index is 658. The Kier molecular flexibility index (Phi) is 4.08. The third kappa shape index (κ3) is 3.10. The number of amides is 1. The molecule has 1 amide bonds. The quantitative estimate of drug-likeness (QED) is 0.871. The standard InChI is InChI=1S/C13H14F3N3OS/c1-4-19-11(13(14,15)16)7-8(17-19)9-5-6-10(21-9)12(20)18(2)3/h5-7H,4H2,1-3H3. The average molecular weight is 317 g/mol. The van der Waals surface area contributed by atoms with E-state index in [2.05, 4.69) is 5.10 Å². The van der Waals surface area contributed by atoms with E-state index in [0.29, 0.717) is 9.75 Å². The van der Waals surface area contributed by atoms with Crippen molar-refractivity contribution in [2.24, 2.45) is 0 Å². The van der Waals surface area contributed by atoms with Crippen LogP contribution in [0, 0.1) is 0 Å². The van der Waals surface area contributed by atoms with E-state index < -0.39 is 11.9 Å². The molecule has 114 valence electrons. The van der Waals surface area contributed by atoms with Gasteiger partial charge in [-0.05, 0) is 25.1 Å². The van der Waals surface area contributed by atoms with E-state index in [1.54, 1.807) is 33.2 Å². The Balaban J connectivity index is 2.40. The third-order valence-electron chi connectivity index (χ3n) is 2.85. The van der Waals surface area contributed by atoms with Gasteiger partial charge in [0.1, 0.15) is 11.4 Å². The first kappa shape index (κ1) is 15.6. The highest BCUT2D eigenvalue weighted by Gasteiger charge is 2.35. The predicted molar refractivity (Wildman–Crippen MR) is 74.2 cm³/mol. The van der Waals surface area contributed by atoms with Crippen LogP contribution in [0.5, 0.6) is 0 Å². The molecule has 2 rings (SSSR count). The molecule has 0 atom stereocenters. The van der Waals surface area contributed by atoms with Crippen molar-refractivity contribution < 1.29 is 18.0 Å². The summed E-state index contributed by atoms with van der Waals surface area (Å²) in [5.41, 5.74) is -0.555. The maximum absolute atomic E-state index is 12.9. The first-order chi connectivity index (χ1) is 9.74. The number of nitrogens with zero attached hydrogens (tertiary/aromatic N) is 3. The van der Waals surface area contributed by atoms with Gasteiger partial charge in [-0.25, -0.2) is 0 Å². The van der Waals surface area contributed by atoms with Crippen LogP contribution in [0.15, 0.2) is 18.2 Å². The first-order valence-corrected chi connectivity index (χ1v) is 7.02. The van der Waals surface area contributed by atoms with Crippen molar-refractivity contribution in [3.8, 4) is 10.6 Å². The van der Waals surface area contributed by atoms with Crippen LogP contribution in [0.25, 0.3) is 10.6 Å². The zero-order chi connectivity index (χ0) is 15.8. The maximum Gasteiger partial charge on any atom is 0.433 e. The van der Waals surface area contributed by atoms with Gasteiger partial charge in [0.2, 0.25) is 0 Å². The Morgan fingerprint density at radius 2 is 2.05 bits per heavy atom. The number of halogens is 3. The summed E-state index contributed by atoms with van der Waals surface area (Å²) in [6.07, 6.45) is -4.44. The number of aryl methyl sites for hydroxylation is 1. The molecule has 2 aromatic rings. The van der Waals surface area contributed by atoms with E-state index in [0.717, 1.165) is 22.1 Å². The first-order valence-electron chi connectivity index (χ1n) is 6.21. The van der Waals surface area contributed by atoms with Crippen LogP contribution in [0.1, 0.15) is 22.3 Å². The highest BCUT2D eigenvalue weighted by molar-refractivity contribution is 7.17. The molecule has 4 nitrogen and oxygen atoms in total. The Morgan fingerprint density at radius 3 is 2.52 bits per heavy atom. The van der Waals surface area contributed by atoms with Crippen molar-refractivity contribution in [1.82, 2.24) is 14.7 Å². The summed E-state index contributed by atoms with van der Waals surface area (Å²) in [7, 11) is 3.24. The molecule has 0 aromatic carbocycles. The number of carbonyl (C=O) groups excluding carboxylic acids is 1. The molecule has 0 aliphatic heterocycles. The lowest BCUT2D eigenvalue weighted by molar-refractivity contribution is -0.144. The second kappa shape index (κ2) is 5.51. The highest BCUT2D eigenvalue weighted by Crippen LogP contribution is 2.34. The largest absolute Gasteiger partial charge is 0.433 e. The monoisotopic (exact) mass is 317 g/mol.